The van der Waals surface area contributed by atoms with Gasteiger partial charge in [-0.25, -0.2) is 0 Å². The van der Waals surface area contributed by atoms with Crippen LogP contribution in [-0.4, -0.2) is 51.7 Å². The highest BCUT2D eigenvalue weighted by Gasteiger charge is 2.18. The van der Waals surface area contributed by atoms with Crippen LogP contribution < -0.4 is 5.32 Å². The van der Waals surface area contributed by atoms with Crippen molar-refractivity contribution in [3.05, 3.63) is 47.8 Å². The Balaban J connectivity index is 1.54. The molecule has 3 rings (SSSR count). The van der Waals surface area contributed by atoms with Gasteiger partial charge in [0.05, 0.1) is 12.2 Å². The number of nitrogens with one attached hydrogen (secondary N) is 1. The van der Waals surface area contributed by atoms with Crippen molar-refractivity contribution < 1.29 is 4.79 Å². The van der Waals surface area contributed by atoms with Gasteiger partial charge in [0.15, 0.2) is 0 Å². The fourth-order valence-corrected chi connectivity index (χ4v) is 3.03. The summed E-state index contributed by atoms with van der Waals surface area (Å²) in [6.45, 7) is 6.86. The van der Waals surface area contributed by atoms with Crippen molar-refractivity contribution >= 4 is 11.6 Å². The molecule has 0 bridgehead atoms. The van der Waals surface area contributed by atoms with Gasteiger partial charge < -0.3 is 10.2 Å². The van der Waals surface area contributed by atoms with Gasteiger partial charge in [-0.15, -0.1) is 0 Å². The van der Waals surface area contributed by atoms with Crippen molar-refractivity contribution in [2.24, 2.45) is 7.05 Å². The Morgan fingerprint density at radius 2 is 2.00 bits per heavy atom. The number of rotatable bonds is 5. The average Bonchev–Trinajstić information content (AvgIpc) is 2.99. The summed E-state index contributed by atoms with van der Waals surface area (Å²) in [7, 11) is 1.95. The van der Waals surface area contributed by atoms with E-state index >= 15 is 0 Å². The average molecular weight is 327 g/mol. The molecule has 1 amide bonds. The fraction of sp³-hybridized carbons (Fsp3) is 0.444. The fourth-order valence-electron chi connectivity index (χ4n) is 3.03. The number of nitrogens with zero attached hydrogens (tertiary/aromatic N) is 4. The van der Waals surface area contributed by atoms with Crippen LogP contribution in [0.15, 0.2) is 36.5 Å². The smallest absolute Gasteiger partial charge is 0.219 e. The third kappa shape index (κ3) is 4.14. The van der Waals surface area contributed by atoms with Gasteiger partial charge in [0.1, 0.15) is 0 Å². The Labute approximate surface area is 143 Å². The molecular weight excluding hydrogens is 302 g/mol. The van der Waals surface area contributed by atoms with Crippen LogP contribution >= 0.6 is 0 Å². The zero-order chi connectivity index (χ0) is 16.9. The van der Waals surface area contributed by atoms with Gasteiger partial charge in [-0.2, -0.15) is 5.10 Å². The molecule has 24 heavy (non-hydrogen) atoms. The summed E-state index contributed by atoms with van der Waals surface area (Å²) in [6.07, 6.45) is 1.81. The van der Waals surface area contributed by atoms with Crippen LogP contribution in [0, 0.1) is 0 Å². The highest BCUT2D eigenvalue weighted by Crippen LogP contribution is 2.15. The molecule has 0 saturated carbocycles. The lowest BCUT2D eigenvalue weighted by Crippen LogP contribution is -2.47. The molecule has 2 aromatic rings. The van der Waals surface area contributed by atoms with Crippen molar-refractivity contribution in [3.8, 4) is 0 Å². The molecule has 0 aliphatic carbocycles. The van der Waals surface area contributed by atoms with E-state index in [2.05, 4.69) is 39.6 Å². The Morgan fingerprint density at radius 1 is 1.21 bits per heavy atom. The molecule has 0 spiro atoms. The van der Waals surface area contributed by atoms with E-state index in [9.17, 15) is 4.79 Å². The zero-order valence-corrected chi connectivity index (χ0v) is 14.4. The van der Waals surface area contributed by atoms with Crippen LogP contribution in [-0.2, 0) is 24.9 Å². The van der Waals surface area contributed by atoms with Crippen LogP contribution in [0.4, 0.5) is 5.69 Å². The van der Waals surface area contributed by atoms with E-state index in [1.165, 1.54) is 5.56 Å². The second-order valence-electron chi connectivity index (χ2n) is 6.28. The molecule has 1 N–H and O–H groups in total. The van der Waals surface area contributed by atoms with E-state index in [4.69, 9.17) is 0 Å². The highest BCUT2D eigenvalue weighted by molar-refractivity contribution is 5.73. The number of anilines is 1. The molecule has 1 aromatic carbocycles. The third-order valence-corrected chi connectivity index (χ3v) is 4.55. The van der Waals surface area contributed by atoms with Crippen molar-refractivity contribution in [2.75, 3.05) is 31.5 Å². The standard InChI is InChI=1S/C18H25N5O/c1-15(24)23-10-8-22(9-11-23)14-16-4-3-5-17(12-16)19-13-18-6-7-20-21(18)2/h3-7,12,19H,8-11,13-14H2,1-2H3. The summed E-state index contributed by atoms with van der Waals surface area (Å²) in [4.78, 5) is 15.7. The molecule has 1 aliphatic rings. The summed E-state index contributed by atoms with van der Waals surface area (Å²) in [6, 6.07) is 10.6. The molecule has 1 fully saturated rings. The van der Waals surface area contributed by atoms with Gasteiger partial charge in [-0.1, -0.05) is 12.1 Å². The lowest BCUT2D eigenvalue weighted by molar-refractivity contribution is -0.130. The first-order valence-corrected chi connectivity index (χ1v) is 8.39. The van der Waals surface area contributed by atoms with Crippen molar-refractivity contribution in [2.45, 2.75) is 20.0 Å². The van der Waals surface area contributed by atoms with E-state index in [0.717, 1.165) is 50.6 Å². The molecule has 1 saturated heterocycles. The summed E-state index contributed by atoms with van der Waals surface area (Å²) in [5.74, 6) is 0.177. The van der Waals surface area contributed by atoms with E-state index in [0.29, 0.717) is 0 Å². The van der Waals surface area contributed by atoms with E-state index in [1.54, 1.807) is 6.92 Å². The normalized spacial score (nSPS) is 15.5. The minimum atomic E-state index is 0.177. The number of amides is 1. The van der Waals surface area contributed by atoms with Crippen LogP contribution in [0.3, 0.4) is 0 Å². The SMILES string of the molecule is CC(=O)N1CCN(Cc2cccc(NCc3ccnn3C)c2)CC1. The van der Waals surface area contributed by atoms with Crippen molar-refractivity contribution in [3.63, 3.8) is 0 Å². The van der Waals surface area contributed by atoms with Crippen molar-refractivity contribution in [1.29, 1.82) is 0 Å². The molecule has 0 radical (unpaired) electrons. The van der Waals surface area contributed by atoms with Crippen LogP contribution in [0.2, 0.25) is 0 Å². The highest BCUT2D eigenvalue weighted by atomic mass is 16.2. The first kappa shape index (κ1) is 16.5. The van der Waals surface area contributed by atoms with Gasteiger partial charge in [-0.3, -0.25) is 14.4 Å². The van der Waals surface area contributed by atoms with Gasteiger partial charge in [0.25, 0.3) is 0 Å². The Morgan fingerprint density at radius 3 is 2.67 bits per heavy atom. The summed E-state index contributed by atoms with van der Waals surface area (Å²) < 4.78 is 1.88. The Bertz CT molecular complexity index is 688. The summed E-state index contributed by atoms with van der Waals surface area (Å²) in [5, 5.41) is 7.64. The number of hydrogen-bond acceptors (Lipinski definition) is 4. The molecule has 6 heteroatoms. The molecule has 2 heterocycles. The summed E-state index contributed by atoms with van der Waals surface area (Å²) >= 11 is 0. The lowest BCUT2D eigenvalue weighted by atomic mass is 10.1. The van der Waals surface area contributed by atoms with Crippen LogP contribution in [0.1, 0.15) is 18.2 Å². The van der Waals surface area contributed by atoms with E-state index in [-0.39, 0.29) is 5.91 Å². The topological polar surface area (TPSA) is 53.4 Å². The Kier molecular flexibility index (Phi) is 5.15. The molecule has 6 nitrogen and oxygen atoms in total. The molecular formula is C18H25N5O. The van der Waals surface area contributed by atoms with Gasteiger partial charge in [0.2, 0.25) is 5.91 Å². The number of carbonyl (C=O) groups is 1. The third-order valence-electron chi connectivity index (χ3n) is 4.55. The zero-order valence-electron chi connectivity index (χ0n) is 14.4. The first-order valence-electron chi connectivity index (χ1n) is 8.39. The molecule has 1 aromatic heterocycles. The van der Waals surface area contributed by atoms with Gasteiger partial charge >= 0.3 is 0 Å². The number of piperazine rings is 1. The maximum absolute atomic E-state index is 11.4. The molecule has 128 valence electrons. The lowest BCUT2D eigenvalue weighted by Gasteiger charge is -2.34. The second-order valence-corrected chi connectivity index (χ2v) is 6.28. The minimum Gasteiger partial charge on any atom is -0.379 e. The predicted molar refractivity (Wildman–Crippen MR) is 94.5 cm³/mol. The quantitative estimate of drug-likeness (QED) is 0.908. The number of benzene rings is 1. The van der Waals surface area contributed by atoms with E-state index < -0.39 is 0 Å². The number of aryl methyl sites for hydroxylation is 1. The maximum Gasteiger partial charge on any atom is 0.219 e. The predicted octanol–water partition coefficient (Wildman–Crippen LogP) is 1.70. The Hall–Kier alpha value is -2.34. The van der Waals surface area contributed by atoms with Gasteiger partial charge in [0, 0.05) is 58.6 Å². The monoisotopic (exact) mass is 327 g/mol. The number of carbonyl (C=O) groups excluding carboxylic acids is 1. The first-order chi connectivity index (χ1) is 11.6. The van der Waals surface area contributed by atoms with Gasteiger partial charge in [-0.05, 0) is 23.8 Å². The number of aromatic nitrogens is 2. The largest absolute Gasteiger partial charge is 0.379 e. The molecule has 1 aliphatic heterocycles. The molecule has 0 atom stereocenters. The molecule has 0 unspecified atom stereocenters. The van der Waals surface area contributed by atoms with E-state index in [1.807, 2.05) is 28.9 Å². The van der Waals surface area contributed by atoms with Crippen LogP contribution in [0.25, 0.3) is 0 Å². The maximum atomic E-state index is 11.4. The second kappa shape index (κ2) is 7.49. The minimum absolute atomic E-state index is 0.177. The summed E-state index contributed by atoms with van der Waals surface area (Å²) in [5.41, 5.74) is 3.57. The van der Waals surface area contributed by atoms with Crippen molar-refractivity contribution in [1.82, 2.24) is 19.6 Å². The van der Waals surface area contributed by atoms with Crippen LogP contribution in [0.5, 0.6) is 0 Å². The number of hydrogen-bond donors (Lipinski definition) is 1.